The van der Waals surface area contributed by atoms with Crippen LogP contribution in [-0.2, 0) is 4.74 Å². The van der Waals surface area contributed by atoms with Gasteiger partial charge >= 0.3 is 0 Å². The largest absolute Gasteiger partial charge is 0.378 e. The molecule has 1 saturated heterocycles. The van der Waals surface area contributed by atoms with Crippen molar-refractivity contribution in [1.82, 2.24) is 5.32 Å². The predicted octanol–water partition coefficient (Wildman–Crippen LogP) is 3.36. The van der Waals surface area contributed by atoms with Crippen LogP contribution in [0.5, 0.6) is 0 Å². The van der Waals surface area contributed by atoms with Crippen molar-refractivity contribution in [3.05, 3.63) is 0 Å². The zero-order valence-corrected chi connectivity index (χ0v) is 11.6. The van der Waals surface area contributed by atoms with Crippen molar-refractivity contribution in [2.75, 3.05) is 13.2 Å². The lowest BCUT2D eigenvalue weighted by atomic mass is 9.88. The van der Waals surface area contributed by atoms with Crippen LogP contribution in [0.15, 0.2) is 0 Å². The van der Waals surface area contributed by atoms with Crippen molar-refractivity contribution in [3.8, 4) is 0 Å². The molecule has 0 bridgehead atoms. The van der Waals surface area contributed by atoms with Crippen molar-refractivity contribution in [2.24, 2.45) is 11.8 Å². The summed E-state index contributed by atoms with van der Waals surface area (Å²) in [6.45, 7) is 6.62. The third kappa shape index (κ3) is 3.96. The van der Waals surface area contributed by atoms with Gasteiger partial charge in [-0.05, 0) is 38.6 Å². The minimum Gasteiger partial charge on any atom is -0.378 e. The second-order valence-electron chi connectivity index (χ2n) is 6.09. The summed E-state index contributed by atoms with van der Waals surface area (Å²) in [6, 6.07) is 0.711. The molecule has 1 aliphatic carbocycles. The van der Waals surface area contributed by atoms with Gasteiger partial charge in [-0.1, -0.05) is 32.6 Å². The number of rotatable bonds is 6. The van der Waals surface area contributed by atoms with Gasteiger partial charge in [0, 0.05) is 12.0 Å². The third-order valence-corrected chi connectivity index (χ3v) is 4.52. The van der Waals surface area contributed by atoms with Crippen LogP contribution in [0, 0.1) is 11.8 Å². The molecule has 2 nitrogen and oxygen atoms in total. The molecule has 2 heteroatoms. The Bertz CT molecular complexity index is 213. The van der Waals surface area contributed by atoms with E-state index in [1.165, 1.54) is 51.5 Å². The van der Waals surface area contributed by atoms with Gasteiger partial charge in [0.2, 0.25) is 0 Å². The SMILES string of the molecule is CCCNC(CC1CCCC1)C1COC(C)C1. The van der Waals surface area contributed by atoms with Crippen LogP contribution in [0.2, 0.25) is 0 Å². The second kappa shape index (κ2) is 6.75. The first-order chi connectivity index (χ1) is 8.29. The van der Waals surface area contributed by atoms with Crippen LogP contribution < -0.4 is 5.32 Å². The van der Waals surface area contributed by atoms with E-state index in [-0.39, 0.29) is 0 Å². The highest BCUT2D eigenvalue weighted by Gasteiger charge is 2.31. The van der Waals surface area contributed by atoms with Gasteiger partial charge in [-0.15, -0.1) is 0 Å². The Hall–Kier alpha value is -0.0800. The molecule has 0 aromatic heterocycles. The fourth-order valence-electron chi connectivity index (χ4n) is 3.51. The Morgan fingerprint density at radius 3 is 2.65 bits per heavy atom. The molecule has 3 unspecified atom stereocenters. The molecular weight excluding hydrogens is 210 g/mol. The van der Waals surface area contributed by atoms with Crippen LogP contribution in [0.1, 0.15) is 58.8 Å². The summed E-state index contributed by atoms with van der Waals surface area (Å²) in [7, 11) is 0. The summed E-state index contributed by atoms with van der Waals surface area (Å²) >= 11 is 0. The maximum Gasteiger partial charge on any atom is 0.0551 e. The van der Waals surface area contributed by atoms with Crippen LogP contribution in [-0.4, -0.2) is 25.3 Å². The van der Waals surface area contributed by atoms with Gasteiger partial charge in [-0.2, -0.15) is 0 Å². The molecule has 3 atom stereocenters. The molecule has 1 aliphatic heterocycles. The van der Waals surface area contributed by atoms with Crippen molar-refractivity contribution in [1.29, 1.82) is 0 Å². The lowest BCUT2D eigenvalue weighted by Crippen LogP contribution is -2.38. The third-order valence-electron chi connectivity index (χ3n) is 4.52. The highest BCUT2D eigenvalue weighted by molar-refractivity contribution is 4.85. The van der Waals surface area contributed by atoms with Gasteiger partial charge in [0.05, 0.1) is 12.7 Å². The zero-order chi connectivity index (χ0) is 12.1. The Morgan fingerprint density at radius 2 is 2.06 bits per heavy atom. The topological polar surface area (TPSA) is 21.3 Å². The number of hydrogen-bond acceptors (Lipinski definition) is 2. The highest BCUT2D eigenvalue weighted by Crippen LogP contribution is 2.32. The molecule has 0 amide bonds. The van der Waals surface area contributed by atoms with Gasteiger partial charge < -0.3 is 10.1 Å². The summed E-state index contributed by atoms with van der Waals surface area (Å²) < 4.78 is 5.75. The molecule has 17 heavy (non-hydrogen) atoms. The van der Waals surface area contributed by atoms with Gasteiger partial charge in [0.25, 0.3) is 0 Å². The summed E-state index contributed by atoms with van der Waals surface area (Å²) in [5, 5.41) is 3.78. The summed E-state index contributed by atoms with van der Waals surface area (Å²) in [5.74, 6) is 1.75. The number of ether oxygens (including phenoxy) is 1. The van der Waals surface area contributed by atoms with E-state index in [0.717, 1.165) is 18.4 Å². The van der Waals surface area contributed by atoms with E-state index in [1.54, 1.807) is 0 Å². The minimum atomic E-state index is 0.481. The van der Waals surface area contributed by atoms with Crippen molar-refractivity contribution in [2.45, 2.75) is 70.9 Å². The van der Waals surface area contributed by atoms with Crippen LogP contribution in [0.3, 0.4) is 0 Å². The highest BCUT2D eigenvalue weighted by atomic mass is 16.5. The molecule has 1 heterocycles. The van der Waals surface area contributed by atoms with E-state index in [9.17, 15) is 0 Å². The maximum absolute atomic E-state index is 5.75. The molecule has 2 fully saturated rings. The van der Waals surface area contributed by atoms with E-state index < -0.39 is 0 Å². The summed E-state index contributed by atoms with van der Waals surface area (Å²) in [4.78, 5) is 0. The van der Waals surface area contributed by atoms with E-state index in [0.29, 0.717) is 12.1 Å². The lowest BCUT2D eigenvalue weighted by Gasteiger charge is -2.26. The molecule has 0 aromatic carbocycles. The van der Waals surface area contributed by atoms with Gasteiger partial charge in [-0.25, -0.2) is 0 Å². The fourth-order valence-corrected chi connectivity index (χ4v) is 3.51. The number of hydrogen-bond donors (Lipinski definition) is 1. The van der Waals surface area contributed by atoms with Crippen LogP contribution in [0.4, 0.5) is 0 Å². The molecule has 0 aromatic rings. The Morgan fingerprint density at radius 1 is 1.29 bits per heavy atom. The van der Waals surface area contributed by atoms with Crippen LogP contribution in [0.25, 0.3) is 0 Å². The minimum absolute atomic E-state index is 0.481. The number of nitrogens with one attached hydrogen (secondary N) is 1. The first kappa shape index (κ1) is 13.4. The van der Waals surface area contributed by atoms with Crippen molar-refractivity contribution < 1.29 is 4.74 Å². The molecule has 2 aliphatic rings. The zero-order valence-electron chi connectivity index (χ0n) is 11.6. The standard InChI is InChI=1S/C15H29NO/c1-3-8-16-15(10-13-6-4-5-7-13)14-9-12(2)17-11-14/h12-16H,3-11H2,1-2H3. The molecule has 2 rings (SSSR count). The lowest BCUT2D eigenvalue weighted by molar-refractivity contribution is 0.115. The molecule has 1 N–H and O–H groups in total. The van der Waals surface area contributed by atoms with E-state index in [1.807, 2.05) is 0 Å². The Labute approximate surface area is 107 Å². The smallest absolute Gasteiger partial charge is 0.0551 e. The van der Waals surface area contributed by atoms with E-state index in [4.69, 9.17) is 4.74 Å². The summed E-state index contributed by atoms with van der Waals surface area (Å²) in [5.41, 5.74) is 0. The monoisotopic (exact) mass is 239 g/mol. The van der Waals surface area contributed by atoms with Gasteiger partial charge in [0.1, 0.15) is 0 Å². The first-order valence-electron chi connectivity index (χ1n) is 7.64. The second-order valence-corrected chi connectivity index (χ2v) is 6.09. The van der Waals surface area contributed by atoms with Crippen LogP contribution >= 0.6 is 0 Å². The predicted molar refractivity (Wildman–Crippen MR) is 72.2 cm³/mol. The molecule has 1 saturated carbocycles. The normalized spacial score (nSPS) is 32.1. The quantitative estimate of drug-likeness (QED) is 0.767. The molecule has 100 valence electrons. The van der Waals surface area contributed by atoms with Gasteiger partial charge in [0.15, 0.2) is 0 Å². The molecule has 0 spiro atoms. The summed E-state index contributed by atoms with van der Waals surface area (Å²) in [6.07, 6.45) is 10.2. The first-order valence-corrected chi connectivity index (χ1v) is 7.64. The average molecular weight is 239 g/mol. The van der Waals surface area contributed by atoms with E-state index in [2.05, 4.69) is 19.2 Å². The Kier molecular flexibility index (Phi) is 5.30. The van der Waals surface area contributed by atoms with Crippen molar-refractivity contribution in [3.63, 3.8) is 0 Å². The van der Waals surface area contributed by atoms with E-state index >= 15 is 0 Å². The van der Waals surface area contributed by atoms with Crippen molar-refractivity contribution >= 4 is 0 Å². The maximum atomic E-state index is 5.75. The fraction of sp³-hybridized carbons (Fsp3) is 1.00. The molecule has 0 radical (unpaired) electrons. The molecular formula is C15H29NO. The van der Waals surface area contributed by atoms with Gasteiger partial charge in [-0.3, -0.25) is 0 Å². The average Bonchev–Trinajstić information content (AvgIpc) is 2.95. The Balaban J connectivity index is 1.83.